The van der Waals surface area contributed by atoms with E-state index < -0.39 is 3.25 Å². The topological polar surface area (TPSA) is 0 Å². The zero-order chi connectivity index (χ0) is 4.50. The molecule has 0 unspecified atom stereocenters. The molecule has 0 aliphatic rings. The van der Waals surface area contributed by atoms with Crippen LogP contribution < -0.4 is 0 Å². The smallest absolute Gasteiger partial charge is 0.0664 e. The fraction of sp³-hybridized carbons (Fsp3) is 1.00. The third-order valence-electron chi connectivity index (χ3n) is 0. The summed E-state index contributed by atoms with van der Waals surface area (Å²) in [5, 5.41) is 0. The van der Waals surface area contributed by atoms with Crippen molar-refractivity contribution in [2.24, 2.45) is 0 Å². The Morgan fingerprint density at radius 1 is 0.833 bits per heavy atom. The molecule has 0 atom stereocenters. The van der Waals surface area contributed by atoms with Gasteiger partial charge in [0.2, 0.25) is 0 Å². The normalized spacial score (nSPS) is 10.0. The van der Waals surface area contributed by atoms with Crippen molar-refractivity contribution in [3.05, 3.63) is 0 Å². The molecule has 0 aliphatic carbocycles. The summed E-state index contributed by atoms with van der Waals surface area (Å²) in [6.45, 7) is 0. The summed E-state index contributed by atoms with van der Waals surface area (Å²) < 4.78 is -1.61. The molecule has 0 aromatic rings. The Balaban J connectivity index is 0. The van der Waals surface area contributed by atoms with Gasteiger partial charge in [-0.2, -0.15) is 0 Å². The predicted molar refractivity (Wildman–Crippen MR) is 26.1 cm³/mol. The summed E-state index contributed by atoms with van der Waals surface area (Å²) in [5.41, 5.74) is 0. The molecule has 0 aromatic heterocycles. The molecule has 0 radical (unpaired) electrons. The van der Waals surface area contributed by atoms with Crippen LogP contribution in [0.1, 0.15) is 0 Å². The predicted octanol–water partition coefficient (Wildman–Crippen LogP) is 2.55. The molecular weight excluding hydrogens is 344 g/mol. The largest absolute Gasteiger partial charge is 0.266 e. The van der Waals surface area contributed by atoms with Crippen LogP contribution in [0, 0.1) is 0 Å². The van der Waals surface area contributed by atoms with Crippen molar-refractivity contribution < 1.29 is 19.8 Å². The minimum atomic E-state index is -1.61. The van der Waals surface area contributed by atoms with Crippen LogP contribution in [0.3, 0.4) is 0 Å². The molecule has 6 heavy (non-hydrogen) atoms. The molecular formula is CCl4Os. The standard InChI is InChI=1S/CCl4.Os/c2-1(3,4)5;. The first-order chi connectivity index (χ1) is 2.00. The molecule has 5 heteroatoms. The van der Waals surface area contributed by atoms with E-state index in [-0.39, 0.29) is 19.8 Å². The van der Waals surface area contributed by atoms with Crippen LogP contribution >= 0.6 is 46.4 Å². The molecule has 40 valence electrons. The van der Waals surface area contributed by atoms with Gasteiger partial charge < -0.3 is 0 Å². The minimum absolute atomic E-state index is 0. The van der Waals surface area contributed by atoms with E-state index >= 15 is 0 Å². The maximum absolute atomic E-state index is 4.83. The Bertz CT molecular complexity index is 23.0. The number of hydrogen-bond donors (Lipinski definition) is 0. The number of halogens is 4. The van der Waals surface area contributed by atoms with Crippen LogP contribution in [-0.4, -0.2) is 3.25 Å². The minimum Gasteiger partial charge on any atom is -0.0664 e. The van der Waals surface area contributed by atoms with Crippen molar-refractivity contribution in [3.8, 4) is 0 Å². The zero-order valence-electron chi connectivity index (χ0n) is 2.37. The molecule has 0 heterocycles. The average Bonchev–Trinajstić information content (AvgIpc) is 0.722. The van der Waals surface area contributed by atoms with Gasteiger partial charge in [0.15, 0.2) is 0 Å². The summed E-state index contributed by atoms with van der Waals surface area (Å²) in [4.78, 5) is 0. The second-order valence-corrected chi connectivity index (χ2v) is 3.86. The molecule has 0 bridgehead atoms. The summed E-state index contributed by atoms with van der Waals surface area (Å²) in [6.07, 6.45) is 0. The van der Waals surface area contributed by atoms with Crippen molar-refractivity contribution in [1.29, 1.82) is 0 Å². The van der Waals surface area contributed by atoms with Gasteiger partial charge in [-0.25, -0.2) is 0 Å². The van der Waals surface area contributed by atoms with Gasteiger partial charge >= 0.3 is 0 Å². The Labute approximate surface area is 69.1 Å². The molecule has 0 rings (SSSR count). The Morgan fingerprint density at radius 3 is 0.833 bits per heavy atom. The van der Waals surface area contributed by atoms with Gasteiger partial charge in [0.25, 0.3) is 3.25 Å². The third kappa shape index (κ3) is 41.3. The molecule has 0 aliphatic heterocycles. The Morgan fingerprint density at radius 2 is 0.833 bits per heavy atom. The molecule has 0 fully saturated rings. The van der Waals surface area contributed by atoms with Crippen molar-refractivity contribution >= 4 is 46.4 Å². The van der Waals surface area contributed by atoms with Crippen molar-refractivity contribution in [1.82, 2.24) is 0 Å². The van der Waals surface area contributed by atoms with Gasteiger partial charge in [-0.15, -0.1) is 0 Å². The monoisotopic (exact) mass is 344 g/mol. The van der Waals surface area contributed by atoms with Crippen LogP contribution in [0.25, 0.3) is 0 Å². The first-order valence-electron chi connectivity index (χ1n) is 0.756. The maximum Gasteiger partial charge on any atom is 0.266 e. The van der Waals surface area contributed by atoms with Gasteiger partial charge in [-0.3, -0.25) is 0 Å². The van der Waals surface area contributed by atoms with E-state index in [1.54, 1.807) is 0 Å². The summed E-state index contributed by atoms with van der Waals surface area (Å²) >= 11 is 19.3. The quantitative estimate of drug-likeness (QED) is 0.593. The fourth-order valence-corrected chi connectivity index (χ4v) is 0. The van der Waals surface area contributed by atoms with Crippen LogP contribution in [-0.2, 0) is 19.8 Å². The first-order valence-corrected chi connectivity index (χ1v) is 2.27. The van der Waals surface area contributed by atoms with Gasteiger partial charge in [0, 0.05) is 19.8 Å². The van der Waals surface area contributed by atoms with E-state index in [1.165, 1.54) is 0 Å². The molecule has 0 nitrogen and oxygen atoms in total. The molecule has 0 aromatic carbocycles. The van der Waals surface area contributed by atoms with Crippen molar-refractivity contribution in [2.75, 3.05) is 0 Å². The van der Waals surface area contributed by atoms with Crippen LogP contribution in [0.5, 0.6) is 0 Å². The van der Waals surface area contributed by atoms with Gasteiger partial charge in [-0.05, 0) is 0 Å². The summed E-state index contributed by atoms with van der Waals surface area (Å²) in [7, 11) is 0. The first kappa shape index (κ1) is 10.7. The van der Waals surface area contributed by atoms with Crippen molar-refractivity contribution in [3.63, 3.8) is 0 Å². The number of alkyl halides is 4. The van der Waals surface area contributed by atoms with E-state index in [2.05, 4.69) is 0 Å². The molecule has 0 N–H and O–H groups in total. The second kappa shape index (κ2) is 3.76. The van der Waals surface area contributed by atoms with E-state index in [4.69, 9.17) is 46.4 Å². The summed E-state index contributed by atoms with van der Waals surface area (Å²) in [6, 6.07) is 0. The van der Waals surface area contributed by atoms with Crippen LogP contribution in [0.4, 0.5) is 0 Å². The third-order valence-corrected chi connectivity index (χ3v) is 0. The van der Waals surface area contributed by atoms with E-state index in [1.807, 2.05) is 0 Å². The van der Waals surface area contributed by atoms with Gasteiger partial charge in [0.1, 0.15) is 0 Å². The molecule has 0 saturated heterocycles. The van der Waals surface area contributed by atoms with Crippen LogP contribution in [0.15, 0.2) is 0 Å². The number of rotatable bonds is 0. The van der Waals surface area contributed by atoms with E-state index in [9.17, 15) is 0 Å². The fourth-order valence-electron chi connectivity index (χ4n) is 0. The van der Waals surface area contributed by atoms with E-state index in [0.717, 1.165) is 0 Å². The van der Waals surface area contributed by atoms with Crippen LogP contribution in [0.2, 0.25) is 0 Å². The SMILES string of the molecule is ClC(Cl)(Cl)Cl.[Os]. The second-order valence-electron chi connectivity index (χ2n) is 0.429. The van der Waals surface area contributed by atoms with Gasteiger partial charge in [-0.1, -0.05) is 46.4 Å². The zero-order valence-corrected chi connectivity index (χ0v) is 7.93. The van der Waals surface area contributed by atoms with Gasteiger partial charge in [0.05, 0.1) is 0 Å². The van der Waals surface area contributed by atoms with Crippen molar-refractivity contribution in [2.45, 2.75) is 3.25 Å². The Hall–Kier alpha value is 1.80. The van der Waals surface area contributed by atoms with E-state index in [0.29, 0.717) is 0 Å². The summed E-state index contributed by atoms with van der Waals surface area (Å²) in [5.74, 6) is 0. The molecule has 0 amide bonds. The maximum atomic E-state index is 4.83. The Kier molecular flexibility index (Phi) is 6.71. The number of hydrogen-bond acceptors (Lipinski definition) is 0. The molecule has 0 spiro atoms. The molecule has 0 saturated carbocycles. The average molecular weight is 344 g/mol.